The molecule has 2 N–H and O–H groups in total. The highest BCUT2D eigenvalue weighted by atomic mass is 16.4. The summed E-state index contributed by atoms with van der Waals surface area (Å²) in [6, 6.07) is 0.159. The second kappa shape index (κ2) is 3.81. The first-order chi connectivity index (χ1) is 7.08. The van der Waals surface area contributed by atoms with Gasteiger partial charge in [0, 0.05) is 12.6 Å². The van der Waals surface area contributed by atoms with Gasteiger partial charge < -0.3 is 10.2 Å². The summed E-state index contributed by atoms with van der Waals surface area (Å²) in [5.41, 5.74) is 0. The molecule has 84 valence electrons. The first-order valence-electron chi connectivity index (χ1n) is 5.26. The predicted molar refractivity (Wildman–Crippen MR) is 51.5 cm³/mol. The van der Waals surface area contributed by atoms with Crippen LogP contribution in [0.25, 0.3) is 0 Å². The van der Waals surface area contributed by atoms with Crippen molar-refractivity contribution < 1.29 is 19.8 Å². The van der Waals surface area contributed by atoms with Crippen molar-refractivity contribution in [1.82, 2.24) is 4.90 Å². The van der Waals surface area contributed by atoms with Crippen LogP contribution in [0.4, 0.5) is 0 Å². The molecule has 3 fully saturated rings. The van der Waals surface area contributed by atoms with Gasteiger partial charge in [-0.25, -0.2) is 0 Å². The smallest absolute Gasteiger partial charge is 0.317 e. The topological polar surface area (TPSA) is 77.8 Å². The molecule has 2 heterocycles. The summed E-state index contributed by atoms with van der Waals surface area (Å²) >= 11 is 0. The summed E-state index contributed by atoms with van der Waals surface area (Å²) in [5, 5.41) is 17.7. The van der Waals surface area contributed by atoms with E-state index in [4.69, 9.17) is 10.2 Å². The van der Waals surface area contributed by atoms with E-state index in [2.05, 4.69) is 0 Å². The Hall–Kier alpha value is -1.10. The lowest BCUT2D eigenvalue weighted by atomic mass is 9.72. The third-order valence-electron chi connectivity index (χ3n) is 3.61. The Bertz CT molecular complexity index is 291. The molecular formula is C10H15NO4. The molecule has 5 nitrogen and oxygen atoms in total. The fraction of sp³-hybridized carbons (Fsp3) is 0.800. The molecule has 2 aliphatic heterocycles. The molecule has 3 rings (SSSR count). The van der Waals surface area contributed by atoms with Gasteiger partial charge in [-0.3, -0.25) is 14.5 Å². The summed E-state index contributed by atoms with van der Waals surface area (Å²) in [6.45, 7) is 0.682. The molecule has 15 heavy (non-hydrogen) atoms. The Morgan fingerprint density at radius 3 is 2.47 bits per heavy atom. The monoisotopic (exact) mass is 213 g/mol. The number of carbonyl (C=O) groups is 2. The standard InChI is InChI=1S/C10H15NO4/c12-9(13)5-11-4-6-1-2-7(11)3-8(6)10(14)15/h6-8H,1-5H2,(H,12,13)(H,14,15). The summed E-state index contributed by atoms with van der Waals surface area (Å²) < 4.78 is 0. The van der Waals surface area contributed by atoms with Crippen LogP contribution in [-0.4, -0.2) is 46.2 Å². The second-order valence-electron chi connectivity index (χ2n) is 4.49. The van der Waals surface area contributed by atoms with E-state index in [9.17, 15) is 9.59 Å². The van der Waals surface area contributed by atoms with Crippen molar-refractivity contribution in [1.29, 1.82) is 0 Å². The molecule has 0 amide bonds. The zero-order valence-electron chi connectivity index (χ0n) is 8.43. The molecule has 1 saturated carbocycles. The molecule has 0 aromatic heterocycles. The van der Waals surface area contributed by atoms with Gasteiger partial charge in [0.25, 0.3) is 0 Å². The van der Waals surface area contributed by atoms with Crippen molar-refractivity contribution in [2.24, 2.45) is 11.8 Å². The number of carboxylic acids is 2. The van der Waals surface area contributed by atoms with E-state index in [1.165, 1.54) is 0 Å². The van der Waals surface area contributed by atoms with Crippen LogP contribution in [-0.2, 0) is 9.59 Å². The van der Waals surface area contributed by atoms with Crippen molar-refractivity contribution in [2.75, 3.05) is 13.1 Å². The van der Waals surface area contributed by atoms with Crippen molar-refractivity contribution in [3.63, 3.8) is 0 Å². The third-order valence-corrected chi connectivity index (χ3v) is 3.61. The van der Waals surface area contributed by atoms with Gasteiger partial charge in [-0.1, -0.05) is 0 Å². The largest absolute Gasteiger partial charge is 0.481 e. The molecule has 0 spiro atoms. The van der Waals surface area contributed by atoms with E-state index in [0.717, 1.165) is 12.8 Å². The van der Waals surface area contributed by atoms with Crippen molar-refractivity contribution in [3.8, 4) is 0 Å². The van der Waals surface area contributed by atoms with Gasteiger partial charge in [0.1, 0.15) is 0 Å². The van der Waals surface area contributed by atoms with E-state index in [1.807, 2.05) is 4.90 Å². The molecule has 0 aromatic rings. The number of piperidine rings is 2. The summed E-state index contributed by atoms with van der Waals surface area (Å²) in [4.78, 5) is 23.5. The molecule has 0 aromatic carbocycles. The van der Waals surface area contributed by atoms with Crippen molar-refractivity contribution in [3.05, 3.63) is 0 Å². The molecule has 3 unspecified atom stereocenters. The maximum atomic E-state index is 10.9. The molecule has 1 aliphatic carbocycles. The van der Waals surface area contributed by atoms with Gasteiger partial charge in [0.2, 0.25) is 0 Å². The lowest BCUT2D eigenvalue weighted by Gasteiger charge is -2.47. The number of rotatable bonds is 3. The number of aliphatic carboxylic acids is 2. The highest BCUT2D eigenvalue weighted by Gasteiger charge is 2.43. The predicted octanol–water partition coefficient (Wildman–Crippen LogP) is 0.256. The number of hydrogen-bond acceptors (Lipinski definition) is 3. The van der Waals surface area contributed by atoms with Gasteiger partial charge in [-0.05, 0) is 25.2 Å². The number of fused-ring (bicyclic) bond motifs is 3. The van der Waals surface area contributed by atoms with E-state index in [-0.39, 0.29) is 24.4 Å². The Morgan fingerprint density at radius 1 is 1.27 bits per heavy atom. The van der Waals surface area contributed by atoms with Crippen molar-refractivity contribution >= 4 is 11.9 Å². The maximum absolute atomic E-state index is 10.9. The van der Waals surface area contributed by atoms with Gasteiger partial charge in [-0.2, -0.15) is 0 Å². The minimum Gasteiger partial charge on any atom is -0.481 e. The molecule has 0 radical (unpaired) electrons. The summed E-state index contributed by atoms with van der Waals surface area (Å²) in [7, 11) is 0. The fourth-order valence-corrected chi connectivity index (χ4v) is 2.88. The maximum Gasteiger partial charge on any atom is 0.317 e. The van der Waals surface area contributed by atoms with Gasteiger partial charge in [0.15, 0.2) is 0 Å². The first kappa shape index (κ1) is 10.4. The molecular weight excluding hydrogens is 198 g/mol. The Kier molecular flexibility index (Phi) is 2.65. The number of nitrogens with zero attached hydrogens (tertiary/aromatic N) is 1. The van der Waals surface area contributed by atoms with Gasteiger partial charge in [0.05, 0.1) is 12.5 Å². The SMILES string of the molecule is O=C(O)CN1CC2CCC1CC2C(=O)O. The van der Waals surface area contributed by atoms with Crippen LogP contribution in [0.2, 0.25) is 0 Å². The van der Waals surface area contributed by atoms with Crippen molar-refractivity contribution in [2.45, 2.75) is 25.3 Å². The van der Waals surface area contributed by atoms with Gasteiger partial charge in [-0.15, -0.1) is 0 Å². The van der Waals surface area contributed by atoms with Crippen LogP contribution < -0.4 is 0 Å². The normalized spacial score (nSPS) is 35.3. The van der Waals surface area contributed by atoms with E-state index in [0.29, 0.717) is 13.0 Å². The number of hydrogen-bond donors (Lipinski definition) is 2. The van der Waals surface area contributed by atoms with E-state index < -0.39 is 11.9 Å². The zero-order chi connectivity index (χ0) is 11.0. The van der Waals surface area contributed by atoms with Crippen LogP contribution in [0.5, 0.6) is 0 Å². The third kappa shape index (κ3) is 1.97. The summed E-state index contributed by atoms with van der Waals surface area (Å²) in [6.07, 6.45) is 2.49. The molecule has 2 saturated heterocycles. The molecule has 2 bridgehead atoms. The van der Waals surface area contributed by atoms with Crippen LogP contribution in [0.3, 0.4) is 0 Å². The molecule has 3 aliphatic rings. The first-order valence-corrected chi connectivity index (χ1v) is 5.26. The Morgan fingerprint density at radius 2 is 2.00 bits per heavy atom. The zero-order valence-corrected chi connectivity index (χ0v) is 8.43. The van der Waals surface area contributed by atoms with Crippen LogP contribution >= 0.6 is 0 Å². The highest BCUT2D eigenvalue weighted by molar-refractivity contribution is 5.71. The number of carboxylic acid groups (broad SMARTS) is 2. The minimum absolute atomic E-state index is 0.0491. The van der Waals surface area contributed by atoms with Crippen LogP contribution in [0.1, 0.15) is 19.3 Å². The fourth-order valence-electron chi connectivity index (χ4n) is 2.88. The van der Waals surface area contributed by atoms with Crippen LogP contribution in [0.15, 0.2) is 0 Å². The van der Waals surface area contributed by atoms with Crippen LogP contribution in [0, 0.1) is 11.8 Å². The molecule has 3 atom stereocenters. The second-order valence-corrected chi connectivity index (χ2v) is 4.49. The summed E-state index contributed by atoms with van der Waals surface area (Å²) in [5.74, 6) is -1.66. The van der Waals surface area contributed by atoms with E-state index in [1.54, 1.807) is 0 Å². The van der Waals surface area contributed by atoms with Gasteiger partial charge >= 0.3 is 11.9 Å². The Balaban J connectivity index is 2.02. The lowest BCUT2D eigenvalue weighted by Crippen LogP contribution is -2.54. The lowest BCUT2D eigenvalue weighted by molar-refractivity contribution is -0.151. The Labute approximate surface area is 87.7 Å². The average Bonchev–Trinajstić information content (AvgIpc) is 2.17. The van der Waals surface area contributed by atoms with E-state index >= 15 is 0 Å². The quantitative estimate of drug-likeness (QED) is 0.703. The average molecular weight is 213 g/mol. The highest BCUT2D eigenvalue weighted by Crippen LogP contribution is 2.39. The minimum atomic E-state index is -0.825. The molecule has 5 heteroatoms.